The fraction of sp³-hybridized carbons (Fsp3) is 0.571. The van der Waals surface area contributed by atoms with E-state index in [1.54, 1.807) is 7.11 Å². The van der Waals surface area contributed by atoms with Crippen LogP contribution < -0.4 is 4.74 Å². The molecule has 0 N–H and O–H groups in total. The Kier molecular flexibility index (Phi) is 5.35. The first-order chi connectivity index (χ1) is 8.78. The van der Waals surface area contributed by atoms with Gasteiger partial charge in [-0.2, -0.15) is 0 Å². The Morgan fingerprint density at radius 3 is 2.56 bits per heavy atom. The van der Waals surface area contributed by atoms with Gasteiger partial charge in [0.1, 0.15) is 5.75 Å². The second-order valence-corrected chi connectivity index (χ2v) is 6.05. The van der Waals surface area contributed by atoms with E-state index in [0.717, 1.165) is 38.3 Å². The standard InChI is InChI=1S/C14H21NO2S/c1-15(18-14-7-9-17-10-8-14)11-12-3-5-13(16-2)6-4-12/h3-6,14H,7-11H2,1-2H3. The number of benzene rings is 1. The predicted octanol–water partition coefficient (Wildman–Crippen LogP) is 2.95. The molecule has 1 aromatic carbocycles. The molecule has 0 radical (unpaired) electrons. The van der Waals surface area contributed by atoms with E-state index in [-0.39, 0.29) is 0 Å². The molecule has 18 heavy (non-hydrogen) atoms. The molecule has 0 bridgehead atoms. The first kappa shape index (κ1) is 13.7. The quantitative estimate of drug-likeness (QED) is 0.765. The summed E-state index contributed by atoms with van der Waals surface area (Å²) in [6.45, 7) is 2.79. The second kappa shape index (κ2) is 7.02. The summed E-state index contributed by atoms with van der Waals surface area (Å²) < 4.78 is 12.9. The number of nitrogens with zero attached hydrogens (tertiary/aromatic N) is 1. The van der Waals surface area contributed by atoms with Crippen molar-refractivity contribution in [2.45, 2.75) is 24.6 Å². The predicted molar refractivity (Wildman–Crippen MR) is 75.9 cm³/mol. The van der Waals surface area contributed by atoms with Crippen LogP contribution in [0.5, 0.6) is 5.75 Å². The van der Waals surface area contributed by atoms with Crippen LogP contribution in [0, 0.1) is 0 Å². The Hall–Kier alpha value is -0.710. The number of hydrogen-bond acceptors (Lipinski definition) is 4. The smallest absolute Gasteiger partial charge is 0.118 e. The van der Waals surface area contributed by atoms with Crippen LogP contribution >= 0.6 is 11.9 Å². The summed E-state index contributed by atoms with van der Waals surface area (Å²) >= 11 is 1.95. The SMILES string of the molecule is COc1ccc(CN(C)SC2CCOCC2)cc1. The van der Waals surface area contributed by atoms with Crippen molar-refractivity contribution >= 4 is 11.9 Å². The summed E-state index contributed by atoms with van der Waals surface area (Å²) in [6.07, 6.45) is 2.33. The molecule has 1 fully saturated rings. The van der Waals surface area contributed by atoms with Crippen molar-refractivity contribution in [3.8, 4) is 5.75 Å². The molecule has 0 amide bonds. The van der Waals surface area contributed by atoms with E-state index >= 15 is 0 Å². The molecule has 100 valence electrons. The van der Waals surface area contributed by atoms with Gasteiger partial charge < -0.3 is 9.47 Å². The van der Waals surface area contributed by atoms with Crippen molar-refractivity contribution in [1.82, 2.24) is 4.31 Å². The number of hydrogen-bond donors (Lipinski definition) is 0. The van der Waals surface area contributed by atoms with Crippen LogP contribution in [0.15, 0.2) is 24.3 Å². The lowest BCUT2D eigenvalue weighted by Gasteiger charge is -2.26. The van der Waals surface area contributed by atoms with Gasteiger partial charge in [0.25, 0.3) is 0 Å². The normalized spacial score (nSPS) is 17.1. The molecule has 0 unspecified atom stereocenters. The van der Waals surface area contributed by atoms with Crippen molar-refractivity contribution < 1.29 is 9.47 Å². The van der Waals surface area contributed by atoms with Crippen LogP contribution in [0.3, 0.4) is 0 Å². The topological polar surface area (TPSA) is 21.7 Å². The van der Waals surface area contributed by atoms with E-state index in [1.807, 2.05) is 24.1 Å². The number of rotatable bonds is 5. The summed E-state index contributed by atoms with van der Waals surface area (Å²) in [5.41, 5.74) is 1.32. The van der Waals surface area contributed by atoms with E-state index in [2.05, 4.69) is 23.5 Å². The minimum atomic E-state index is 0.710. The third-order valence-electron chi connectivity index (χ3n) is 3.06. The molecule has 2 rings (SSSR count). The minimum Gasteiger partial charge on any atom is -0.497 e. The Balaban J connectivity index is 1.80. The molecule has 1 aliphatic rings. The average molecular weight is 267 g/mol. The van der Waals surface area contributed by atoms with Crippen molar-refractivity contribution in [3.63, 3.8) is 0 Å². The fourth-order valence-electron chi connectivity index (χ4n) is 2.06. The zero-order valence-electron chi connectivity index (χ0n) is 11.1. The molecule has 0 aliphatic carbocycles. The lowest BCUT2D eigenvalue weighted by atomic mass is 10.2. The lowest BCUT2D eigenvalue weighted by Crippen LogP contribution is -2.22. The largest absolute Gasteiger partial charge is 0.497 e. The fourth-order valence-corrected chi connectivity index (χ4v) is 3.20. The van der Waals surface area contributed by atoms with Crippen LogP contribution in [-0.2, 0) is 11.3 Å². The van der Waals surface area contributed by atoms with Crippen LogP contribution in [0.1, 0.15) is 18.4 Å². The van der Waals surface area contributed by atoms with Crippen LogP contribution in [-0.4, -0.2) is 36.9 Å². The lowest BCUT2D eigenvalue weighted by molar-refractivity contribution is 0.0995. The maximum Gasteiger partial charge on any atom is 0.118 e. The summed E-state index contributed by atoms with van der Waals surface area (Å²) in [5.74, 6) is 0.915. The highest BCUT2D eigenvalue weighted by molar-refractivity contribution is 7.97. The Bertz CT molecular complexity index is 349. The van der Waals surface area contributed by atoms with Crippen LogP contribution in [0.25, 0.3) is 0 Å². The number of ether oxygens (including phenoxy) is 2. The Morgan fingerprint density at radius 2 is 1.94 bits per heavy atom. The summed E-state index contributed by atoms with van der Waals surface area (Å²) in [7, 11) is 3.85. The summed E-state index contributed by atoms with van der Waals surface area (Å²) in [5, 5.41) is 0.710. The monoisotopic (exact) mass is 267 g/mol. The van der Waals surface area contributed by atoms with Gasteiger partial charge in [-0.15, -0.1) is 0 Å². The Labute approximate surface area is 114 Å². The van der Waals surface area contributed by atoms with E-state index in [9.17, 15) is 0 Å². The molecule has 1 aliphatic heterocycles. The molecule has 1 aromatic rings. The zero-order chi connectivity index (χ0) is 12.8. The van der Waals surface area contributed by atoms with E-state index in [1.165, 1.54) is 5.56 Å². The van der Waals surface area contributed by atoms with Crippen molar-refractivity contribution in [2.24, 2.45) is 0 Å². The maximum absolute atomic E-state index is 5.38. The first-order valence-electron chi connectivity index (χ1n) is 6.36. The number of methoxy groups -OCH3 is 1. The van der Waals surface area contributed by atoms with Gasteiger partial charge in [0.05, 0.1) is 7.11 Å². The van der Waals surface area contributed by atoms with Gasteiger partial charge in [-0.05, 0) is 37.6 Å². The molecule has 1 saturated heterocycles. The second-order valence-electron chi connectivity index (χ2n) is 4.55. The Morgan fingerprint density at radius 1 is 1.28 bits per heavy atom. The average Bonchev–Trinajstić information content (AvgIpc) is 2.40. The summed E-state index contributed by atoms with van der Waals surface area (Å²) in [6, 6.07) is 8.28. The molecular weight excluding hydrogens is 246 g/mol. The molecule has 0 spiro atoms. The molecular formula is C14H21NO2S. The minimum absolute atomic E-state index is 0.710. The highest BCUT2D eigenvalue weighted by atomic mass is 32.2. The third kappa shape index (κ3) is 4.19. The van der Waals surface area contributed by atoms with E-state index in [0.29, 0.717) is 5.25 Å². The van der Waals surface area contributed by atoms with Gasteiger partial charge in [-0.3, -0.25) is 0 Å². The third-order valence-corrected chi connectivity index (χ3v) is 4.32. The van der Waals surface area contributed by atoms with Gasteiger partial charge in [0.2, 0.25) is 0 Å². The van der Waals surface area contributed by atoms with Gasteiger partial charge in [0.15, 0.2) is 0 Å². The molecule has 0 atom stereocenters. The molecule has 4 heteroatoms. The highest BCUT2D eigenvalue weighted by Crippen LogP contribution is 2.26. The van der Waals surface area contributed by atoms with Crippen molar-refractivity contribution in [1.29, 1.82) is 0 Å². The van der Waals surface area contributed by atoms with E-state index < -0.39 is 0 Å². The zero-order valence-corrected chi connectivity index (χ0v) is 11.9. The van der Waals surface area contributed by atoms with E-state index in [4.69, 9.17) is 9.47 Å². The van der Waals surface area contributed by atoms with Gasteiger partial charge >= 0.3 is 0 Å². The molecule has 3 nitrogen and oxygen atoms in total. The van der Waals surface area contributed by atoms with Crippen molar-refractivity contribution in [2.75, 3.05) is 27.4 Å². The van der Waals surface area contributed by atoms with Crippen LogP contribution in [0.2, 0.25) is 0 Å². The van der Waals surface area contributed by atoms with Crippen molar-refractivity contribution in [3.05, 3.63) is 29.8 Å². The summed E-state index contributed by atoms with van der Waals surface area (Å²) in [4.78, 5) is 0. The van der Waals surface area contributed by atoms with Gasteiger partial charge in [0, 0.05) is 25.0 Å². The van der Waals surface area contributed by atoms with Crippen LogP contribution in [0.4, 0.5) is 0 Å². The molecule has 0 saturated carbocycles. The first-order valence-corrected chi connectivity index (χ1v) is 7.20. The molecule has 0 aromatic heterocycles. The molecule has 1 heterocycles. The van der Waals surface area contributed by atoms with Gasteiger partial charge in [-0.25, -0.2) is 4.31 Å². The van der Waals surface area contributed by atoms with Gasteiger partial charge in [-0.1, -0.05) is 24.1 Å². The highest BCUT2D eigenvalue weighted by Gasteiger charge is 2.16. The maximum atomic E-state index is 5.38.